The number of rotatable bonds is 8. The molecule has 0 fully saturated rings. The van der Waals surface area contributed by atoms with E-state index in [2.05, 4.69) is 152 Å². The summed E-state index contributed by atoms with van der Waals surface area (Å²) in [7, 11) is -0.466. The van der Waals surface area contributed by atoms with Crippen LogP contribution in [0.4, 0.5) is 0 Å². The van der Waals surface area contributed by atoms with E-state index in [9.17, 15) is 0 Å². The Hall–Kier alpha value is -3.41. The Morgan fingerprint density at radius 2 is 0.861 bits per heavy atom. The molecule has 5 aromatic rings. The fourth-order valence-electron chi connectivity index (χ4n) is 4.54. The van der Waals surface area contributed by atoms with Crippen molar-refractivity contribution < 1.29 is 4.74 Å². The number of ether oxygens (including phenoxy) is 1. The molecule has 0 aromatic heterocycles. The van der Waals surface area contributed by atoms with E-state index >= 15 is 0 Å². The maximum absolute atomic E-state index is 6.36. The summed E-state index contributed by atoms with van der Waals surface area (Å²) in [5.74, 6) is 0.976. The van der Waals surface area contributed by atoms with Gasteiger partial charge >= 0.3 is 222 Å². The molecule has 0 heterocycles. The summed E-state index contributed by atoms with van der Waals surface area (Å²) < 4.78 is 9.07. The summed E-state index contributed by atoms with van der Waals surface area (Å²) in [4.78, 5) is 0. The first-order valence-corrected chi connectivity index (χ1v) is 15.5. The summed E-state index contributed by atoms with van der Waals surface area (Å²) in [6.07, 6.45) is 0. The zero-order valence-corrected chi connectivity index (χ0v) is 22.8. The standard InChI is InChI=1S/C33H28OPSe/c1-34-32(27-17-7-2-8-18-27)33(36-31-25-15-6-16-26-31)35(28-19-9-3-10-20-28,29-21-11-4-12-22-29)30-23-13-5-14-24-30/h2-26H,1H3/q+1/b33-32-. The van der Waals surface area contributed by atoms with E-state index < -0.39 is 7.26 Å². The summed E-state index contributed by atoms with van der Waals surface area (Å²) in [5.41, 5.74) is 1.11. The predicted octanol–water partition coefficient (Wildman–Crippen LogP) is 5.98. The monoisotopic (exact) mass is 551 g/mol. The minimum absolute atomic E-state index is 0.0117. The van der Waals surface area contributed by atoms with Gasteiger partial charge < -0.3 is 0 Å². The molecular formula is C33H28OPSe+. The van der Waals surface area contributed by atoms with Crippen LogP contribution in [0, 0.1) is 0 Å². The van der Waals surface area contributed by atoms with Crippen LogP contribution in [0.2, 0.25) is 0 Å². The van der Waals surface area contributed by atoms with Crippen molar-refractivity contribution in [1.82, 2.24) is 0 Å². The molecule has 0 radical (unpaired) electrons. The first-order valence-electron chi connectivity index (χ1n) is 12.0. The van der Waals surface area contributed by atoms with Gasteiger partial charge in [0.15, 0.2) is 0 Å². The van der Waals surface area contributed by atoms with Gasteiger partial charge in [-0.3, -0.25) is 0 Å². The Morgan fingerprint density at radius 1 is 0.500 bits per heavy atom. The fourth-order valence-corrected chi connectivity index (χ4v) is 13.8. The molecule has 0 N–H and O–H groups in total. The van der Waals surface area contributed by atoms with Crippen LogP contribution in [0.1, 0.15) is 5.56 Å². The van der Waals surface area contributed by atoms with Crippen LogP contribution in [0.15, 0.2) is 156 Å². The van der Waals surface area contributed by atoms with Gasteiger partial charge in [0.25, 0.3) is 0 Å². The van der Waals surface area contributed by atoms with E-state index in [-0.39, 0.29) is 15.0 Å². The first kappa shape index (κ1) is 24.3. The van der Waals surface area contributed by atoms with Crippen LogP contribution in [0.3, 0.4) is 0 Å². The third-order valence-corrected chi connectivity index (χ3v) is 14.2. The predicted molar refractivity (Wildman–Crippen MR) is 157 cm³/mol. The van der Waals surface area contributed by atoms with Crippen LogP contribution < -0.4 is 20.4 Å². The van der Waals surface area contributed by atoms with Crippen LogP contribution >= 0.6 is 7.26 Å². The molecule has 5 aromatic carbocycles. The van der Waals surface area contributed by atoms with Gasteiger partial charge in [-0.2, -0.15) is 0 Å². The molecule has 3 heteroatoms. The average molecular weight is 551 g/mol. The molecule has 0 atom stereocenters. The number of benzene rings is 5. The van der Waals surface area contributed by atoms with Crippen molar-refractivity contribution in [3.8, 4) is 0 Å². The molecule has 0 unspecified atom stereocenters. The fraction of sp³-hybridized carbons (Fsp3) is 0.0303. The molecule has 0 aliphatic carbocycles. The van der Waals surface area contributed by atoms with E-state index in [4.69, 9.17) is 4.74 Å². The number of methoxy groups -OCH3 is 1. The molecule has 0 aliphatic rings. The van der Waals surface area contributed by atoms with Crippen molar-refractivity contribution in [3.63, 3.8) is 0 Å². The minimum atomic E-state index is -2.28. The second kappa shape index (κ2) is 11.5. The Balaban J connectivity index is 1.95. The molecule has 36 heavy (non-hydrogen) atoms. The number of hydrogen-bond donors (Lipinski definition) is 0. The van der Waals surface area contributed by atoms with Gasteiger partial charge in [-0.1, -0.05) is 0 Å². The van der Waals surface area contributed by atoms with Crippen LogP contribution in [0.5, 0.6) is 0 Å². The summed E-state index contributed by atoms with van der Waals surface area (Å²) >= 11 is 0.0117. The zero-order valence-electron chi connectivity index (χ0n) is 20.2. The van der Waals surface area contributed by atoms with Gasteiger partial charge in [-0.15, -0.1) is 0 Å². The van der Waals surface area contributed by atoms with Crippen molar-refractivity contribution >= 4 is 48.4 Å². The topological polar surface area (TPSA) is 9.23 Å². The molecule has 0 spiro atoms. The maximum atomic E-state index is 6.36. The molecular weight excluding hydrogens is 522 g/mol. The van der Waals surface area contributed by atoms with E-state index in [1.165, 1.54) is 24.6 Å². The van der Waals surface area contributed by atoms with Crippen molar-refractivity contribution in [3.05, 3.63) is 161 Å². The normalized spacial score (nSPS) is 12.0. The Bertz CT molecular complexity index is 1310. The molecule has 0 saturated heterocycles. The van der Waals surface area contributed by atoms with Gasteiger partial charge in [0.2, 0.25) is 0 Å². The Labute approximate surface area is 221 Å². The molecule has 0 bridgehead atoms. The van der Waals surface area contributed by atoms with Gasteiger partial charge in [0.1, 0.15) is 0 Å². The van der Waals surface area contributed by atoms with E-state index in [1.54, 1.807) is 0 Å². The SMILES string of the molecule is CO/C(=C(\[Se]c1ccccc1)[P+](c1ccccc1)(c1ccccc1)c1ccccc1)c1ccccc1. The van der Waals surface area contributed by atoms with Gasteiger partial charge in [0.05, 0.1) is 0 Å². The van der Waals surface area contributed by atoms with Crippen LogP contribution in [0.25, 0.3) is 5.76 Å². The average Bonchev–Trinajstić information content (AvgIpc) is 2.97. The summed E-state index contributed by atoms with van der Waals surface area (Å²) in [6, 6.07) is 54.5. The molecule has 0 aliphatic heterocycles. The molecule has 0 amide bonds. The second-order valence-electron chi connectivity index (χ2n) is 8.30. The Morgan fingerprint density at radius 3 is 1.25 bits per heavy atom. The van der Waals surface area contributed by atoms with Crippen molar-refractivity contribution in [2.24, 2.45) is 0 Å². The van der Waals surface area contributed by atoms with Crippen molar-refractivity contribution in [2.75, 3.05) is 7.11 Å². The quantitative estimate of drug-likeness (QED) is 0.131. The molecule has 1 nitrogen and oxygen atoms in total. The molecule has 176 valence electrons. The Kier molecular flexibility index (Phi) is 7.79. The van der Waals surface area contributed by atoms with Crippen molar-refractivity contribution in [2.45, 2.75) is 0 Å². The molecule has 0 saturated carbocycles. The molecule has 5 rings (SSSR count). The number of hydrogen-bond acceptors (Lipinski definition) is 1. The second-order valence-corrected chi connectivity index (χ2v) is 14.6. The van der Waals surface area contributed by atoms with Crippen molar-refractivity contribution in [1.29, 1.82) is 0 Å². The summed E-state index contributed by atoms with van der Waals surface area (Å²) in [5, 5.41) is 4.00. The van der Waals surface area contributed by atoms with Gasteiger partial charge in [0, 0.05) is 0 Å². The van der Waals surface area contributed by atoms with E-state index in [0.29, 0.717) is 0 Å². The van der Waals surface area contributed by atoms with Gasteiger partial charge in [-0.05, 0) is 0 Å². The van der Waals surface area contributed by atoms with E-state index in [1.807, 2.05) is 7.11 Å². The van der Waals surface area contributed by atoms with Gasteiger partial charge in [-0.25, -0.2) is 0 Å². The third-order valence-electron chi connectivity index (χ3n) is 6.13. The van der Waals surface area contributed by atoms with E-state index in [0.717, 1.165) is 11.3 Å². The van der Waals surface area contributed by atoms with Crippen LogP contribution in [-0.2, 0) is 4.74 Å². The summed E-state index contributed by atoms with van der Waals surface area (Å²) in [6.45, 7) is 0. The zero-order chi connectivity index (χ0) is 24.6. The van der Waals surface area contributed by atoms with Crippen LogP contribution in [-0.4, -0.2) is 22.1 Å². The third kappa shape index (κ3) is 4.81. The first-order chi connectivity index (χ1) is 17.8.